The van der Waals surface area contributed by atoms with E-state index in [1.807, 2.05) is 50.4 Å². The van der Waals surface area contributed by atoms with E-state index < -0.39 is 6.04 Å². The molecule has 2 aromatic carbocycles. The molecule has 1 atom stereocenters. The molecule has 0 saturated carbocycles. The fourth-order valence-electron chi connectivity index (χ4n) is 2.94. The Labute approximate surface area is 180 Å². The van der Waals surface area contributed by atoms with Crippen molar-refractivity contribution in [3.05, 3.63) is 64.5 Å². The number of ether oxygens (including phenoxy) is 1. The summed E-state index contributed by atoms with van der Waals surface area (Å²) in [6.07, 6.45) is 0. The van der Waals surface area contributed by atoms with Crippen LogP contribution in [0.5, 0.6) is 5.75 Å². The first-order chi connectivity index (χ1) is 14.4. The lowest BCUT2D eigenvalue weighted by Gasteiger charge is -2.22. The maximum Gasteiger partial charge on any atom is 0.251 e. The minimum absolute atomic E-state index is 0.0792. The van der Waals surface area contributed by atoms with Crippen LogP contribution in [0.3, 0.4) is 0 Å². The lowest BCUT2D eigenvalue weighted by molar-refractivity contribution is -0.118. The number of anilines is 1. The number of nitrogens with one attached hydrogen (secondary N) is 2. The van der Waals surface area contributed by atoms with Gasteiger partial charge in [0.15, 0.2) is 0 Å². The standard InChI is InChI=1S/C23H25N3O3S/c1-14(2)21(26-22(27)17-7-11-19(29-4)12-8-17)23(28)25-18-9-5-16(6-10-18)20-13-30-15(3)24-20/h5-14,21H,1-4H3,(H,25,28)(H,26,27). The number of nitrogens with zero attached hydrogens (tertiary/aromatic N) is 1. The normalized spacial score (nSPS) is 11.8. The molecule has 2 N–H and O–H groups in total. The average molecular weight is 424 g/mol. The summed E-state index contributed by atoms with van der Waals surface area (Å²) in [5.41, 5.74) is 3.05. The predicted molar refractivity (Wildman–Crippen MR) is 120 cm³/mol. The molecule has 156 valence electrons. The van der Waals surface area contributed by atoms with Crippen LogP contribution in [-0.4, -0.2) is 29.9 Å². The van der Waals surface area contributed by atoms with Gasteiger partial charge in [0.25, 0.3) is 5.91 Å². The molecule has 3 rings (SSSR count). The van der Waals surface area contributed by atoms with E-state index >= 15 is 0 Å². The number of thiazole rings is 1. The van der Waals surface area contributed by atoms with Crippen molar-refractivity contribution in [2.75, 3.05) is 12.4 Å². The van der Waals surface area contributed by atoms with Crippen molar-refractivity contribution < 1.29 is 14.3 Å². The molecule has 0 aliphatic heterocycles. The summed E-state index contributed by atoms with van der Waals surface area (Å²) in [7, 11) is 1.57. The Morgan fingerprint density at radius 3 is 2.23 bits per heavy atom. The number of aromatic nitrogens is 1. The highest BCUT2D eigenvalue weighted by Crippen LogP contribution is 2.23. The molecule has 2 amide bonds. The first-order valence-corrected chi connectivity index (χ1v) is 10.5. The first-order valence-electron chi connectivity index (χ1n) is 9.65. The van der Waals surface area contributed by atoms with Gasteiger partial charge in [-0.2, -0.15) is 0 Å². The van der Waals surface area contributed by atoms with Gasteiger partial charge in [0.1, 0.15) is 11.8 Å². The molecule has 0 aliphatic carbocycles. The Morgan fingerprint density at radius 2 is 1.70 bits per heavy atom. The zero-order valence-electron chi connectivity index (χ0n) is 17.4. The SMILES string of the molecule is COc1ccc(C(=O)NC(C(=O)Nc2ccc(-c3csc(C)n3)cc2)C(C)C)cc1. The van der Waals surface area contributed by atoms with Crippen molar-refractivity contribution in [3.63, 3.8) is 0 Å². The highest BCUT2D eigenvalue weighted by molar-refractivity contribution is 7.09. The summed E-state index contributed by atoms with van der Waals surface area (Å²) in [5.74, 6) is 0.0234. The van der Waals surface area contributed by atoms with Crippen molar-refractivity contribution in [1.82, 2.24) is 10.3 Å². The van der Waals surface area contributed by atoms with E-state index in [2.05, 4.69) is 15.6 Å². The van der Waals surface area contributed by atoms with Gasteiger partial charge in [-0.05, 0) is 49.2 Å². The Kier molecular flexibility index (Phi) is 6.84. The number of methoxy groups -OCH3 is 1. The number of rotatable bonds is 7. The summed E-state index contributed by atoms with van der Waals surface area (Å²) in [5, 5.41) is 8.74. The zero-order valence-corrected chi connectivity index (χ0v) is 18.2. The maximum atomic E-state index is 12.8. The maximum absolute atomic E-state index is 12.8. The Bertz CT molecular complexity index is 1010. The zero-order chi connectivity index (χ0) is 21.7. The molecule has 0 bridgehead atoms. The van der Waals surface area contributed by atoms with Gasteiger partial charge in [0, 0.05) is 22.2 Å². The monoisotopic (exact) mass is 423 g/mol. The van der Waals surface area contributed by atoms with E-state index in [0.717, 1.165) is 16.3 Å². The summed E-state index contributed by atoms with van der Waals surface area (Å²) < 4.78 is 5.11. The molecule has 0 aliphatic rings. The smallest absolute Gasteiger partial charge is 0.251 e. The minimum Gasteiger partial charge on any atom is -0.497 e. The number of carbonyl (C=O) groups excluding carboxylic acids is 2. The van der Waals surface area contributed by atoms with Crippen LogP contribution in [0.1, 0.15) is 29.2 Å². The van der Waals surface area contributed by atoms with Crippen molar-refractivity contribution in [2.45, 2.75) is 26.8 Å². The van der Waals surface area contributed by atoms with Gasteiger partial charge in [-0.15, -0.1) is 11.3 Å². The first kappa shape index (κ1) is 21.5. The lowest BCUT2D eigenvalue weighted by atomic mass is 10.0. The molecule has 0 fully saturated rings. The Morgan fingerprint density at radius 1 is 1.03 bits per heavy atom. The molecule has 1 unspecified atom stereocenters. The molecule has 0 spiro atoms. The highest BCUT2D eigenvalue weighted by atomic mass is 32.1. The van der Waals surface area contributed by atoms with E-state index in [9.17, 15) is 9.59 Å². The van der Waals surface area contributed by atoms with Crippen LogP contribution in [0, 0.1) is 12.8 Å². The summed E-state index contributed by atoms with van der Waals surface area (Å²) in [6, 6.07) is 13.6. The van der Waals surface area contributed by atoms with Crippen LogP contribution in [0.25, 0.3) is 11.3 Å². The number of carbonyl (C=O) groups is 2. The van der Waals surface area contributed by atoms with Crippen molar-refractivity contribution in [2.24, 2.45) is 5.92 Å². The molecular weight excluding hydrogens is 398 g/mol. The number of benzene rings is 2. The third-order valence-corrected chi connectivity index (χ3v) is 5.43. The van der Waals surface area contributed by atoms with Crippen LogP contribution in [0.2, 0.25) is 0 Å². The average Bonchev–Trinajstić information content (AvgIpc) is 3.18. The van der Waals surface area contributed by atoms with Crippen molar-refractivity contribution in [1.29, 1.82) is 0 Å². The molecule has 6 nitrogen and oxygen atoms in total. The molecule has 1 aromatic heterocycles. The second-order valence-corrected chi connectivity index (χ2v) is 8.30. The van der Waals surface area contributed by atoms with Gasteiger partial charge < -0.3 is 15.4 Å². The summed E-state index contributed by atoms with van der Waals surface area (Å²) >= 11 is 1.60. The van der Waals surface area contributed by atoms with Gasteiger partial charge >= 0.3 is 0 Å². The molecule has 0 radical (unpaired) electrons. The van der Waals surface area contributed by atoms with Crippen LogP contribution in [0.4, 0.5) is 5.69 Å². The van der Waals surface area contributed by atoms with E-state index in [1.54, 1.807) is 42.7 Å². The van der Waals surface area contributed by atoms with Gasteiger partial charge in [0.05, 0.1) is 17.8 Å². The van der Waals surface area contributed by atoms with Crippen LogP contribution in [0.15, 0.2) is 53.9 Å². The van der Waals surface area contributed by atoms with Crippen molar-refractivity contribution in [3.8, 4) is 17.0 Å². The highest BCUT2D eigenvalue weighted by Gasteiger charge is 2.25. The largest absolute Gasteiger partial charge is 0.497 e. The molecule has 7 heteroatoms. The van der Waals surface area contributed by atoms with Gasteiger partial charge in [-0.1, -0.05) is 26.0 Å². The quantitative estimate of drug-likeness (QED) is 0.585. The molecular formula is C23H25N3O3S. The fourth-order valence-corrected chi connectivity index (χ4v) is 3.56. The van der Waals surface area contributed by atoms with E-state index in [0.29, 0.717) is 17.0 Å². The van der Waals surface area contributed by atoms with E-state index in [4.69, 9.17) is 4.74 Å². The van der Waals surface area contributed by atoms with Crippen LogP contribution < -0.4 is 15.4 Å². The summed E-state index contributed by atoms with van der Waals surface area (Å²) in [6.45, 7) is 5.76. The molecule has 3 aromatic rings. The van der Waals surface area contributed by atoms with Crippen molar-refractivity contribution >= 4 is 28.8 Å². The van der Waals surface area contributed by atoms with Gasteiger partial charge in [-0.25, -0.2) is 4.98 Å². The molecule has 1 heterocycles. The fraction of sp³-hybridized carbons (Fsp3) is 0.261. The summed E-state index contributed by atoms with van der Waals surface area (Å²) in [4.78, 5) is 29.9. The number of aryl methyl sites for hydroxylation is 1. The number of hydrogen-bond donors (Lipinski definition) is 2. The third kappa shape index (κ3) is 5.24. The predicted octanol–water partition coefficient (Wildman–Crippen LogP) is 4.52. The van der Waals surface area contributed by atoms with Crippen LogP contribution in [-0.2, 0) is 4.79 Å². The Hall–Kier alpha value is -3.19. The second-order valence-electron chi connectivity index (χ2n) is 7.24. The molecule has 0 saturated heterocycles. The van der Waals surface area contributed by atoms with Gasteiger partial charge in [-0.3, -0.25) is 9.59 Å². The third-order valence-electron chi connectivity index (χ3n) is 4.66. The minimum atomic E-state index is -0.666. The topological polar surface area (TPSA) is 80.3 Å². The van der Waals surface area contributed by atoms with Gasteiger partial charge in [0.2, 0.25) is 5.91 Å². The number of amides is 2. The van der Waals surface area contributed by atoms with E-state index in [-0.39, 0.29) is 17.7 Å². The second kappa shape index (κ2) is 9.54. The van der Waals surface area contributed by atoms with E-state index in [1.165, 1.54) is 0 Å². The van der Waals surface area contributed by atoms with Crippen LogP contribution >= 0.6 is 11.3 Å². The lowest BCUT2D eigenvalue weighted by Crippen LogP contribution is -2.47. The Balaban J connectivity index is 1.66. The number of hydrogen-bond acceptors (Lipinski definition) is 5. The molecule has 30 heavy (non-hydrogen) atoms.